The first-order valence-corrected chi connectivity index (χ1v) is 11.5. The molecule has 0 spiro atoms. The average Bonchev–Trinajstić information content (AvgIpc) is 2.60. The van der Waals surface area contributed by atoms with Crippen molar-refractivity contribution >= 4 is 27.2 Å². The fraction of sp³-hybridized carbons (Fsp3) is 0.235. The Morgan fingerprint density at radius 3 is 2.61 bits per heavy atom. The second kappa shape index (κ2) is 7.54. The minimum Gasteiger partial charge on any atom is -0.426 e. The first-order valence-electron chi connectivity index (χ1n) is 8.10. The maximum absolute atomic E-state index is 12.9. The number of esters is 1. The van der Waals surface area contributed by atoms with E-state index in [1.807, 2.05) is 0 Å². The van der Waals surface area contributed by atoms with E-state index in [9.17, 15) is 24.3 Å². The van der Waals surface area contributed by atoms with Crippen LogP contribution in [-0.4, -0.2) is 37.2 Å². The summed E-state index contributed by atoms with van der Waals surface area (Å²) in [6.45, 7) is 1.19. The molecule has 1 fully saturated rings. The highest BCUT2D eigenvalue weighted by molar-refractivity contribution is 7.78. The van der Waals surface area contributed by atoms with Gasteiger partial charge in [-0.05, 0) is 24.0 Å². The topological polar surface area (TPSA) is 135 Å². The van der Waals surface area contributed by atoms with Gasteiger partial charge >= 0.3 is 13.6 Å². The molecule has 3 rings (SSSR count). The number of carbonyl (C=O) groups is 1. The molecule has 1 aromatic heterocycles. The van der Waals surface area contributed by atoms with Crippen molar-refractivity contribution in [2.45, 2.75) is 24.7 Å². The Kier molecular flexibility index (Phi) is 5.62. The monoisotopic (exact) mass is 427 g/mol. The molecule has 2 aromatic rings. The van der Waals surface area contributed by atoms with Crippen LogP contribution in [0.1, 0.15) is 24.3 Å². The normalized spacial score (nSPS) is 32.6. The number of hydrogen-bond donors (Lipinski definition) is 3. The summed E-state index contributed by atoms with van der Waals surface area (Å²) in [7, 11) is -8.99. The van der Waals surface area contributed by atoms with Crippen LogP contribution < -0.4 is 4.74 Å². The van der Waals surface area contributed by atoms with Crippen LogP contribution >= 0.6 is 14.9 Å². The first-order chi connectivity index (χ1) is 13.1. The van der Waals surface area contributed by atoms with Gasteiger partial charge in [-0.25, -0.2) is 0 Å². The van der Waals surface area contributed by atoms with Crippen molar-refractivity contribution in [1.29, 1.82) is 0 Å². The van der Waals surface area contributed by atoms with Gasteiger partial charge in [0.05, 0.1) is 5.56 Å². The number of para-hydroxylation sites is 1. The number of rotatable bonds is 4. The number of aliphatic hydroxyl groups is 1. The van der Waals surface area contributed by atoms with Crippen LogP contribution in [0.4, 0.5) is 0 Å². The molecule has 2 heterocycles. The van der Waals surface area contributed by atoms with Gasteiger partial charge in [-0.2, -0.15) is 0 Å². The van der Waals surface area contributed by atoms with Gasteiger partial charge in [-0.15, -0.1) is 0 Å². The molecule has 3 N–H and O–H groups in total. The van der Waals surface area contributed by atoms with Gasteiger partial charge < -0.3 is 19.6 Å². The van der Waals surface area contributed by atoms with Gasteiger partial charge in [0, 0.05) is 25.7 Å². The summed E-state index contributed by atoms with van der Waals surface area (Å²) >= 11 is 0. The third-order valence-electron chi connectivity index (χ3n) is 4.11. The number of pyridine rings is 1. The molecule has 0 amide bonds. The van der Waals surface area contributed by atoms with E-state index in [-0.39, 0.29) is 11.3 Å². The van der Waals surface area contributed by atoms with Gasteiger partial charge in [0.1, 0.15) is 5.75 Å². The Morgan fingerprint density at radius 2 is 2.00 bits per heavy atom. The zero-order valence-corrected chi connectivity index (χ0v) is 16.6. The van der Waals surface area contributed by atoms with E-state index in [1.165, 1.54) is 31.5 Å². The summed E-state index contributed by atoms with van der Waals surface area (Å²) in [6, 6.07) is 9.15. The summed E-state index contributed by atoms with van der Waals surface area (Å²) < 4.78 is 28.6. The molecule has 0 saturated carbocycles. The SMILES string of the molecule is C=P1(O)OC(c2ccccc2OC(C)=O)OP(=O)(O)C1(O)Cc1cccnc1. The lowest BCUT2D eigenvalue weighted by Gasteiger charge is -2.45. The average molecular weight is 427 g/mol. The molecule has 1 aliphatic heterocycles. The van der Waals surface area contributed by atoms with Crippen LogP contribution in [0, 0.1) is 0 Å². The molecule has 0 aliphatic carbocycles. The second-order valence-electron chi connectivity index (χ2n) is 6.21. The van der Waals surface area contributed by atoms with Crippen molar-refractivity contribution in [1.82, 2.24) is 4.98 Å². The van der Waals surface area contributed by atoms with Gasteiger partial charge in [0.25, 0.3) is 0 Å². The largest absolute Gasteiger partial charge is 0.426 e. The Morgan fingerprint density at radius 1 is 1.29 bits per heavy atom. The summed E-state index contributed by atoms with van der Waals surface area (Å²) in [5.74, 6) is -0.596. The van der Waals surface area contributed by atoms with Crippen LogP contribution in [-0.2, 0) is 24.8 Å². The predicted molar refractivity (Wildman–Crippen MR) is 102 cm³/mol. The van der Waals surface area contributed by atoms with E-state index < -0.39 is 38.7 Å². The Hall–Kier alpha value is -1.83. The molecule has 1 aromatic carbocycles. The molecule has 150 valence electrons. The van der Waals surface area contributed by atoms with E-state index >= 15 is 0 Å². The smallest absolute Gasteiger partial charge is 0.371 e. The number of carbonyl (C=O) groups excluding carboxylic acids is 1. The van der Waals surface area contributed by atoms with Crippen molar-refractivity contribution < 1.29 is 38.0 Å². The molecule has 28 heavy (non-hydrogen) atoms. The number of ether oxygens (including phenoxy) is 1. The maximum atomic E-state index is 12.9. The highest BCUT2D eigenvalue weighted by atomic mass is 31.2. The van der Waals surface area contributed by atoms with Crippen LogP contribution in [0.15, 0.2) is 48.8 Å². The summed E-state index contributed by atoms with van der Waals surface area (Å²) in [5, 5.41) is 8.26. The zero-order valence-electron chi connectivity index (χ0n) is 14.8. The van der Waals surface area contributed by atoms with E-state index in [0.29, 0.717) is 5.56 Å². The molecule has 1 aliphatic rings. The number of benzene rings is 1. The molecule has 4 unspecified atom stereocenters. The van der Waals surface area contributed by atoms with Crippen LogP contribution in [0.25, 0.3) is 0 Å². The summed E-state index contributed by atoms with van der Waals surface area (Å²) in [5.41, 5.74) is 0.477. The van der Waals surface area contributed by atoms with Crippen molar-refractivity contribution in [3.05, 3.63) is 59.9 Å². The van der Waals surface area contributed by atoms with Crippen LogP contribution in [0.2, 0.25) is 0 Å². The van der Waals surface area contributed by atoms with Gasteiger partial charge in [0.15, 0.2) is 7.34 Å². The molecular weight excluding hydrogens is 408 g/mol. The third kappa shape index (κ3) is 3.83. The number of hydrogen-bond acceptors (Lipinski definition) is 8. The number of nitrogens with zero attached hydrogens (tertiary/aromatic N) is 1. The molecule has 1 saturated heterocycles. The van der Waals surface area contributed by atoms with Crippen LogP contribution in [0.5, 0.6) is 5.75 Å². The first kappa shape index (κ1) is 20.9. The number of aromatic nitrogens is 1. The predicted octanol–water partition coefficient (Wildman–Crippen LogP) is 2.40. The van der Waals surface area contributed by atoms with Crippen molar-refractivity contribution in [2.24, 2.45) is 0 Å². The summed E-state index contributed by atoms with van der Waals surface area (Å²) in [6.07, 6.45) is 4.33. The fourth-order valence-corrected chi connectivity index (χ4v) is 6.68. The van der Waals surface area contributed by atoms with E-state index in [4.69, 9.17) is 13.8 Å². The second-order valence-corrected chi connectivity index (χ2v) is 10.9. The van der Waals surface area contributed by atoms with Crippen LogP contribution in [0.3, 0.4) is 0 Å². The molecule has 9 nitrogen and oxygen atoms in total. The van der Waals surface area contributed by atoms with Gasteiger partial charge in [-0.3, -0.25) is 23.4 Å². The Bertz CT molecular complexity index is 954. The van der Waals surface area contributed by atoms with E-state index in [1.54, 1.807) is 24.3 Å². The van der Waals surface area contributed by atoms with Crippen molar-refractivity contribution in [3.63, 3.8) is 0 Å². The fourth-order valence-electron chi connectivity index (χ4n) is 2.71. The lowest BCUT2D eigenvalue weighted by Crippen LogP contribution is -2.38. The maximum Gasteiger partial charge on any atom is 0.371 e. The van der Waals surface area contributed by atoms with Gasteiger partial charge in [-0.1, -0.05) is 24.3 Å². The zero-order chi connectivity index (χ0) is 20.6. The third-order valence-corrected chi connectivity index (χ3v) is 9.17. The van der Waals surface area contributed by atoms with E-state index in [2.05, 4.69) is 11.3 Å². The highest BCUT2D eigenvalue weighted by Gasteiger charge is 2.62. The molecule has 4 atom stereocenters. The van der Waals surface area contributed by atoms with Gasteiger partial charge in [0.2, 0.25) is 11.4 Å². The quantitative estimate of drug-likeness (QED) is 0.382. The molecule has 0 radical (unpaired) electrons. The lowest BCUT2D eigenvalue weighted by molar-refractivity contribution is -0.132. The molecular formula is C17H19NO8P2. The van der Waals surface area contributed by atoms with Crippen molar-refractivity contribution in [3.8, 4) is 5.75 Å². The molecule has 0 bridgehead atoms. The summed E-state index contributed by atoms with van der Waals surface area (Å²) in [4.78, 5) is 36.5. The van der Waals surface area contributed by atoms with E-state index in [0.717, 1.165) is 0 Å². The minimum atomic E-state index is -4.87. The standard InChI is InChI=1S/C17H19NO8P2/c1-12(19)24-15-8-4-3-7-14(15)16-25-27(2,21)17(20,28(22,23)26-16)10-13-6-5-9-18-11-13/h3-9,11,16,20-21H,2,10H2,1H3,(H,22,23). The van der Waals surface area contributed by atoms with Crippen molar-refractivity contribution in [2.75, 3.05) is 0 Å². The Balaban J connectivity index is 1.99. The lowest BCUT2D eigenvalue weighted by atomic mass is 10.2. The Labute approximate surface area is 161 Å². The minimum absolute atomic E-state index is 0.0256. The highest BCUT2D eigenvalue weighted by Crippen LogP contribution is 2.79. The molecule has 11 heteroatoms.